The van der Waals surface area contributed by atoms with Gasteiger partial charge in [-0.2, -0.15) is 0 Å². The van der Waals surface area contributed by atoms with Crippen LogP contribution in [-0.4, -0.2) is 43.3 Å². The molecule has 0 saturated carbocycles. The van der Waals surface area contributed by atoms with Crippen molar-refractivity contribution in [3.8, 4) is 0 Å². The molecule has 1 aliphatic rings. The van der Waals surface area contributed by atoms with Crippen molar-refractivity contribution >= 4 is 33.1 Å². The van der Waals surface area contributed by atoms with E-state index in [1.54, 1.807) is 13.8 Å². The number of nitrogens with one attached hydrogen (secondary N) is 1. The van der Waals surface area contributed by atoms with Gasteiger partial charge in [0.1, 0.15) is 5.69 Å². The van der Waals surface area contributed by atoms with Crippen molar-refractivity contribution in [3.05, 3.63) is 33.4 Å². The lowest BCUT2D eigenvalue weighted by Crippen LogP contribution is -2.22. The summed E-state index contributed by atoms with van der Waals surface area (Å²) in [5.41, 5.74) is 1.27. The maximum atomic E-state index is 11.9. The normalized spacial score (nSPS) is 18.3. The van der Waals surface area contributed by atoms with E-state index in [1.165, 1.54) is 12.1 Å². The van der Waals surface area contributed by atoms with Crippen molar-refractivity contribution in [1.82, 2.24) is 0 Å². The molecule has 0 unspecified atom stereocenters. The fourth-order valence-corrected chi connectivity index (χ4v) is 4.57. The molecule has 9 nitrogen and oxygen atoms in total. The first-order chi connectivity index (χ1) is 12.1. The van der Waals surface area contributed by atoms with Gasteiger partial charge in [0, 0.05) is 12.5 Å². The maximum absolute atomic E-state index is 11.9. The number of ether oxygens (including phenoxy) is 1. The average Bonchev–Trinajstić information content (AvgIpc) is 2.87. The van der Waals surface area contributed by atoms with Crippen LogP contribution in [0.5, 0.6) is 0 Å². The molecule has 0 aromatic heterocycles. The molecule has 10 heteroatoms. The zero-order chi connectivity index (χ0) is 19.5. The maximum Gasteiger partial charge on any atom is 0.306 e. The van der Waals surface area contributed by atoms with Gasteiger partial charge in [-0.05, 0) is 43.4 Å². The second-order valence-corrected chi connectivity index (χ2v) is 8.62. The Bertz CT molecular complexity index is 848. The lowest BCUT2D eigenvalue weighted by Gasteiger charge is -2.10. The zero-order valence-electron chi connectivity index (χ0n) is 14.5. The summed E-state index contributed by atoms with van der Waals surface area (Å²) in [4.78, 5) is 34.2. The van der Waals surface area contributed by atoms with Crippen molar-refractivity contribution in [3.63, 3.8) is 0 Å². The Hall–Kier alpha value is -2.49. The van der Waals surface area contributed by atoms with E-state index in [0.717, 1.165) is 5.56 Å². The molecular formula is C16H20N2O7S. The number of hydrogen-bond donors (Lipinski definition) is 1. The Morgan fingerprint density at radius 1 is 1.31 bits per heavy atom. The van der Waals surface area contributed by atoms with Gasteiger partial charge in [-0.1, -0.05) is 0 Å². The minimum Gasteiger partial charge on any atom is -0.456 e. The molecule has 1 N–H and O–H groups in total. The quantitative estimate of drug-likeness (QED) is 0.446. The van der Waals surface area contributed by atoms with E-state index in [2.05, 4.69) is 5.32 Å². The van der Waals surface area contributed by atoms with Gasteiger partial charge in [-0.15, -0.1) is 0 Å². The van der Waals surface area contributed by atoms with Gasteiger partial charge in [0.2, 0.25) is 0 Å². The van der Waals surface area contributed by atoms with Crippen LogP contribution in [0, 0.1) is 29.9 Å². The monoisotopic (exact) mass is 384 g/mol. The molecule has 26 heavy (non-hydrogen) atoms. The predicted molar refractivity (Wildman–Crippen MR) is 93.5 cm³/mol. The molecule has 1 fully saturated rings. The third-order valence-corrected chi connectivity index (χ3v) is 6.07. The van der Waals surface area contributed by atoms with Crippen LogP contribution in [0.15, 0.2) is 12.1 Å². The number of esters is 1. The lowest BCUT2D eigenvalue weighted by atomic mass is 10.1. The van der Waals surface area contributed by atoms with Crippen LogP contribution in [0.25, 0.3) is 0 Å². The van der Waals surface area contributed by atoms with E-state index in [1.807, 2.05) is 0 Å². The molecule has 2 rings (SSSR count). The largest absolute Gasteiger partial charge is 0.456 e. The lowest BCUT2D eigenvalue weighted by molar-refractivity contribution is -0.384. The molecule has 0 spiro atoms. The number of amides is 1. The predicted octanol–water partition coefficient (Wildman–Crippen LogP) is 1.52. The number of benzene rings is 1. The number of nitrogens with zero attached hydrogens (tertiary/aromatic N) is 1. The van der Waals surface area contributed by atoms with Crippen LogP contribution in [0.2, 0.25) is 0 Å². The molecular weight excluding hydrogens is 364 g/mol. The van der Waals surface area contributed by atoms with Crippen LogP contribution < -0.4 is 5.32 Å². The minimum absolute atomic E-state index is 0.0287. The number of aryl methyl sites for hydroxylation is 2. The number of carbonyl (C=O) groups is 2. The fraction of sp³-hybridized carbons (Fsp3) is 0.500. The van der Waals surface area contributed by atoms with E-state index in [-0.39, 0.29) is 35.2 Å². The molecule has 0 bridgehead atoms. The van der Waals surface area contributed by atoms with Crippen molar-refractivity contribution in [1.29, 1.82) is 0 Å². The summed E-state index contributed by atoms with van der Waals surface area (Å²) in [5, 5.41) is 13.5. The summed E-state index contributed by atoms with van der Waals surface area (Å²) in [6.07, 6.45) is 0.328. The highest BCUT2D eigenvalue weighted by molar-refractivity contribution is 7.91. The van der Waals surface area contributed by atoms with Crippen molar-refractivity contribution in [2.45, 2.75) is 26.7 Å². The van der Waals surface area contributed by atoms with Crippen molar-refractivity contribution < 1.29 is 27.7 Å². The first-order valence-corrected chi connectivity index (χ1v) is 9.81. The SMILES string of the molecule is Cc1cc(NC(=O)COC(=O)C[C@H]2CCS(=O)(=O)C2)c([N+](=O)[O-])cc1C. The minimum atomic E-state index is -3.08. The van der Waals surface area contributed by atoms with Crippen molar-refractivity contribution in [2.24, 2.45) is 5.92 Å². The molecule has 1 amide bonds. The molecule has 1 aromatic carbocycles. The van der Waals surface area contributed by atoms with Crippen LogP contribution in [0.3, 0.4) is 0 Å². The van der Waals surface area contributed by atoms with Gasteiger partial charge in [-0.25, -0.2) is 8.42 Å². The summed E-state index contributed by atoms with van der Waals surface area (Å²) < 4.78 is 27.6. The number of hydrogen-bond acceptors (Lipinski definition) is 7. The van der Waals surface area contributed by atoms with E-state index < -0.39 is 33.2 Å². The first-order valence-electron chi connectivity index (χ1n) is 7.99. The summed E-state index contributed by atoms with van der Waals surface area (Å²) in [6.45, 7) is 2.88. The summed E-state index contributed by atoms with van der Waals surface area (Å²) in [5.74, 6) is -1.66. The number of nitro groups is 1. The Kier molecular flexibility index (Phi) is 5.96. The average molecular weight is 384 g/mol. The number of carbonyl (C=O) groups excluding carboxylic acids is 2. The van der Waals surface area contributed by atoms with Crippen LogP contribution >= 0.6 is 0 Å². The third kappa shape index (κ3) is 5.25. The third-order valence-electron chi connectivity index (χ3n) is 4.23. The molecule has 1 aliphatic heterocycles. The van der Waals surface area contributed by atoms with E-state index in [4.69, 9.17) is 4.74 Å². The molecule has 1 heterocycles. The molecule has 0 aliphatic carbocycles. The van der Waals surface area contributed by atoms with Gasteiger partial charge in [0.15, 0.2) is 16.4 Å². The van der Waals surface area contributed by atoms with Crippen LogP contribution in [0.1, 0.15) is 24.0 Å². The number of rotatable bonds is 6. The molecule has 142 valence electrons. The molecule has 1 saturated heterocycles. The van der Waals surface area contributed by atoms with Crippen LogP contribution in [0.4, 0.5) is 11.4 Å². The standard InChI is InChI=1S/C16H20N2O7S/c1-10-5-13(14(18(21)22)6-11(10)2)17-15(19)8-25-16(20)7-12-3-4-26(23,24)9-12/h5-6,12H,3-4,7-9H2,1-2H3,(H,17,19)/t12-/m1/s1. The highest BCUT2D eigenvalue weighted by Crippen LogP contribution is 2.28. The zero-order valence-corrected chi connectivity index (χ0v) is 15.3. The molecule has 0 radical (unpaired) electrons. The first kappa shape index (κ1) is 19.8. The Labute approximate surface area is 150 Å². The Morgan fingerprint density at radius 2 is 1.96 bits per heavy atom. The highest BCUT2D eigenvalue weighted by Gasteiger charge is 2.30. The topological polar surface area (TPSA) is 133 Å². The fourth-order valence-electron chi connectivity index (χ4n) is 2.71. The smallest absolute Gasteiger partial charge is 0.306 e. The number of sulfone groups is 1. The Balaban J connectivity index is 1.90. The molecule has 1 aromatic rings. The molecule has 1 atom stereocenters. The second-order valence-electron chi connectivity index (χ2n) is 6.39. The van der Waals surface area contributed by atoms with Gasteiger partial charge < -0.3 is 10.1 Å². The van der Waals surface area contributed by atoms with E-state index >= 15 is 0 Å². The van der Waals surface area contributed by atoms with Gasteiger partial charge in [0.25, 0.3) is 11.6 Å². The van der Waals surface area contributed by atoms with Crippen molar-refractivity contribution in [2.75, 3.05) is 23.4 Å². The highest BCUT2D eigenvalue weighted by atomic mass is 32.2. The Morgan fingerprint density at radius 3 is 2.54 bits per heavy atom. The summed E-state index contributed by atoms with van der Waals surface area (Å²) in [6, 6.07) is 2.84. The number of anilines is 1. The summed E-state index contributed by atoms with van der Waals surface area (Å²) in [7, 11) is -3.08. The second kappa shape index (κ2) is 7.81. The van der Waals surface area contributed by atoms with E-state index in [9.17, 15) is 28.1 Å². The van der Waals surface area contributed by atoms with Crippen LogP contribution in [-0.2, 0) is 24.2 Å². The van der Waals surface area contributed by atoms with E-state index in [0.29, 0.717) is 12.0 Å². The van der Waals surface area contributed by atoms with Gasteiger partial charge >= 0.3 is 5.97 Å². The number of nitro benzene ring substituents is 1. The van der Waals surface area contributed by atoms with Gasteiger partial charge in [-0.3, -0.25) is 19.7 Å². The summed E-state index contributed by atoms with van der Waals surface area (Å²) >= 11 is 0. The van der Waals surface area contributed by atoms with Gasteiger partial charge in [0.05, 0.1) is 16.4 Å².